The minimum atomic E-state index is -0.518. The van der Waals surface area contributed by atoms with Gasteiger partial charge >= 0.3 is 0 Å². The first-order chi connectivity index (χ1) is 34.4. The highest BCUT2D eigenvalue weighted by atomic mass is 15.0. The zero-order valence-electron chi connectivity index (χ0n) is 44.6. The molecule has 2 aromatic heterocycles. The van der Waals surface area contributed by atoms with E-state index >= 15 is 0 Å². The molecule has 0 unspecified atom stereocenters. The van der Waals surface area contributed by atoms with Crippen molar-refractivity contribution in [3.05, 3.63) is 251 Å². The third-order valence-electron chi connectivity index (χ3n) is 14.8. The molecule has 9 aromatic carbocycles. The van der Waals surface area contributed by atoms with Crippen LogP contribution in [0, 0.1) is 13.8 Å². The topological polar surface area (TPSA) is 9.86 Å². The van der Waals surface area contributed by atoms with E-state index in [0.717, 1.165) is 44.2 Å². The fourth-order valence-electron chi connectivity index (χ4n) is 10.7. The Labute approximate surface area is 402 Å². The van der Waals surface area contributed by atoms with Gasteiger partial charge in [-0.25, -0.2) is 0 Å². The molecule has 0 bridgehead atoms. The molecule has 0 fully saturated rings. The monoisotopic (exact) mass is 871 g/mol. The largest absolute Gasteiger partial charge is 0.309 e. The van der Waals surface area contributed by atoms with Gasteiger partial charge in [0.1, 0.15) is 0 Å². The van der Waals surface area contributed by atoms with Crippen molar-refractivity contribution in [2.24, 2.45) is 0 Å². The van der Waals surface area contributed by atoms with Crippen LogP contribution >= 0.6 is 0 Å². The molecule has 2 nitrogen and oxygen atoms in total. The highest BCUT2D eigenvalue weighted by molar-refractivity contribution is 6.13. The van der Waals surface area contributed by atoms with E-state index in [0.29, 0.717) is 5.56 Å². The average molecular weight is 872 g/mol. The molecule has 0 aliphatic rings. The van der Waals surface area contributed by atoms with Crippen LogP contribution in [0.25, 0.3) is 66.1 Å². The normalized spacial score (nSPS) is 13.5. The standard InChI is InChI=1S/C65H58N2/c1-43-29-33-58-52(37-43)53-38-44(2)30-34-59(53)66(58)51-32-36-61-55(42-51)54-39-46(45-21-13-9-14-22-45)31-35-60(54)67(61)62-56(64(5,6)48-25-17-11-18-26-48)40-50(63(3,4)47-23-15-10-16-24-47)41-57(62)65(7,8)49-27-19-12-20-28-49/h9-42H,1-8H3/i9D,13D,14D,21D,22D. The molecule has 328 valence electrons. The average Bonchev–Trinajstić information content (AvgIpc) is 3.88. The maximum Gasteiger partial charge on any atom is 0.0629 e. The molecule has 67 heavy (non-hydrogen) atoms. The summed E-state index contributed by atoms with van der Waals surface area (Å²) in [5, 5.41) is 4.27. The van der Waals surface area contributed by atoms with Crippen LogP contribution in [0.3, 0.4) is 0 Å². The Morgan fingerprint density at radius 1 is 0.358 bits per heavy atom. The van der Waals surface area contributed by atoms with Gasteiger partial charge in [0.2, 0.25) is 0 Å². The van der Waals surface area contributed by atoms with E-state index < -0.39 is 16.9 Å². The molecule has 0 spiro atoms. The molecule has 0 saturated carbocycles. The van der Waals surface area contributed by atoms with Gasteiger partial charge in [-0.05, 0) is 113 Å². The Morgan fingerprint density at radius 2 is 0.776 bits per heavy atom. The van der Waals surface area contributed by atoms with Crippen molar-refractivity contribution in [3.8, 4) is 22.5 Å². The van der Waals surface area contributed by atoms with Crippen LogP contribution in [0.2, 0.25) is 0 Å². The first kappa shape index (κ1) is 36.8. The molecule has 2 heterocycles. The molecular formula is C65H58N2. The van der Waals surface area contributed by atoms with Crippen molar-refractivity contribution in [1.82, 2.24) is 9.13 Å². The molecule has 2 heteroatoms. The highest BCUT2D eigenvalue weighted by Gasteiger charge is 2.37. The summed E-state index contributed by atoms with van der Waals surface area (Å²) in [6, 6.07) is 62.0. The lowest BCUT2D eigenvalue weighted by molar-refractivity contribution is 0.591. The Hall–Kier alpha value is -7.42. The quantitative estimate of drug-likeness (QED) is 0.137. The summed E-state index contributed by atoms with van der Waals surface area (Å²) in [6.45, 7) is 18.3. The first-order valence-electron chi connectivity index (χ1n) is 25.9. The number of hydrogen-bond donors (Lipinski definition) is 0. The minimum absolute atomic E-state index is 0.178. The Kier molecular flexibility index (Phi) is 8.71. The molecule has 0 N–H and O–H groups in total. The second-order valence-electron chi connectivity index (χ2n) is 20.0. The van der Waals surface area contributed by atoms with Gasteiger partial charge in [0.15, 0.2) is 0 Å². The Morgan fingerprint density at radius 3 is 1.28 bits per heavy atom. The molecule has 11 rings (SSSR count). The van der Waals surface area contributed by atoms with Crippen molar-refractivity contribution in [2.75, 3.05) is 0 Å². The summed E-state index contributed by atoms with van der Waals surface area (Å²) in [5.41, 5.74) is 15.1. The predicted octanol–water partition coefficient (Wildman–Crippen LogP) is 17.1. The summed E-state index contributed by atoms with van der Waals surface area (Å²) in [7, 11) is 0. The SMILES string of the molecule is [2H]c1c([2H])c([2H])c(-c2ccc3c(c2)c2cc(-n4c5ccc(C)cc5c5cc(C)ccc54)ccc2n3-c2c(C(C)(C)c3ccccc3)cc(C(C)(C)c3ccccc3)cc2C(C)(C)c2ccccc2)c([2H])c1[2H]. The van der Waals surface area contributed by atoms with Gasteiger partial charge in [-0.2, -0.15) is 0 Å². The van der Waals surface area contributed by atoms with Crippen LogP contribution in [-0.2, 0) is 16.2 Å². The number of aryl methyl sites for hydroxylation is 2. The summed E-state index contributed by atoms with van der Waals surface area (Å²) in [5.74, 6) is 0. The minimum Gasteiger partial charge on any atom is -0.309 e. The third-order valence-corrected chi connectivity index (χ3v) is 14.8. The van der Waals surface area contributed by atoms with Gasteiger partial charge in [0, 0.05) is 43.5 Å². The molecule has 0 amide bonds. The number of hydrogen-bond acceptors (Lipinski definition) is 0. The highest BCUT2D eigenvalue weighted by Crippen LogP contribution is 2.49. The zero-order valence-corrected chi connectivity index (χ0v) is 39.6. The van der Waals surface area contributed by atoms with Gasteiger partial charge in [-0.1, -0.05) is 204 Å². The number of fused-ring (bicyclic) bond motifs is 6. The molecule has 0 atom stereocenters. The fraction of sp³-hybridized carbons (Fsp3) is 0.169. The van der Waals surface area contributed by atoms with E-state index in [4.69, 9.17) is 6.85 Å². The van der Waals surface area contributed by atoms with Crippen molar-refractivity contribution in [1.29, 1.82) is 0 Å². The zero-order chi connectivity index (χ0) is 50.6. The van der Waals surface area contributed by atoms with E-state index in [1.165, 1.54) is 55.3 Å². The van der Waals surface area contributed by atoms with E-state index in [2.05, 4.69) is 228 Å². The molecule has 0 radical (unpaired) electrons. The van der Waals surface area contributed by atoms with Crippen molar-refractivity contribution < 1.29 is 6.85 Å². The molecule has 0 aliphatic carbocycles. The van der Waals surface area contributed by atoms with E-state index in [-0.39, 0.29) is 35.1 Å². The summed E-state index contributed by atoms with van der Waals surface area (Å²) >= 11 is 0. The van der Waals surface area contributed by atoms with E-state index in [1.807, 2.05) is 12.1 Å². The lowest BCUT2D eigenvalue weighted by atomic mass is 9.68. The second-order valence-corrected chi connectivity index (χ2v) is 20.0. The second kappa shape index (κ2) is 15.9. The summed E-state index contributed by atoms with van der Waals surface area (Å²) < 4.78 is 48.8. The molecule has 0 aliphatic heterocycles. The molecule has 11 aromatic rings. The Bertz CT molecular complexity index is 3790. The van der Waals surface area contributed by atoms with Crippen LogP contribution in [-0.4, -0.2) is 9.13 Å². The number of aromatic nitrogens is 2. The van der Waals surface area contributed by atoms with Crippen LogP contribution in [0.1, 0.15) is 92.9 Å². The molecule has 0 saturated heterocycles. The van der Waals surface area contributed by atoms with Crippen molar-refractivity contribution in [3.63, 3.8) is 0 Å². The lowest BCUT2D eigenvalue weighted by Gasteiger charge is -2.38. The van der Waals surface area contributed by atoms with Crippen molar-refractivity contribution >= 4 is 43.6 Å². The lowest BCUT2D eigenvalue weighted by Crippen LogP contribution is -2.30. The number of benzene rings is 9. The van der Waals surface area contributed by atoms with E-state index in [1.54, 1.807) is 0 Å². The smallest absolute Gasteiger partial charge is 0.0629 e. The number of rotatable bonds is 9. The molecular weight excluding hydrogens is 809 g/mol. The summed E-state index contributed by atoms with van der Waals surface area (Å²) in [4.78, 5) is 0. The van der Waals surface area contributed by atoms with Gasteiger partial charge in [-0.3, -0.25) is 0 Å². The van der Waals surface area contributed by atoms with Crippen LogP contribution < -0.4 is 0 Å². The van der Waals surface area contributed by atoms with Crippen molar-refractivity contribution in [2.45, 2.75) is 71.6 Å². The van der Waals surface area contributed by atoms with E-state index in [9.17, 15) is 0 Å². The maximum absolute atomic E-state index is 9.10. The maximum atomic E-state index is 9.10. The van der Waals surface area contributed by atoms with Gasteiger partial charge in [0.05, 0.1) is 34.6 Å². The Balaban J connectivity index is 1.31. The number of nitrogens with zero attached hydrogens (tertiary/aromatic N) is 2. The third kappa shape index (κ3) is 6.92. The fourth-order valence-corrected chi connectivity index (χ4v) is 10.7. The van der Waals surface area contributed by atoms with Gasteiger partial charge in [0.25, 0.3) is 0 Å². The first-order valence-corrected chi connectivity index (χ1v) is 23.4. The van der Waals surface area contributed by atoms with Crippen LogP contribution in [0.15, 0.2) is 206 Å². The van der Waals surface area contributed by atoms with Crippen LogP contribution in [0.5, 0.6) is 0 Å². The predicted molar refractivity (Wildman–Crippen MR) is 286 cm³/mol. The van der Waals surface area contributed by atoms with Gasteiger partial charge in [-0.15, -0.1) is 0 Å². The summed E-state index contributed by atoms with van der Waals surface area (Å²) in [6.07, 6.45) is 0. The van der Waals surface area contributed by atoms with Gasteiger partial charge < -0.3 is 9.13 Å². The van der Waals surface area contributed by atoms with Crippen LogP contribution in [0.4, 0.5) is 0 Å².